The maximum atomic E-state index is 13.9. The molecule has 18 heavy (non-hydrogen) atoms. The summed E-state index contributed by atoms with van der Waals surface area (Å²) in [5.41, 5.74) is 1.20. The van der Waals surface area contributed by atoms with E-state index in [1.807, 2.05) is 0 Å². The van der Waals surface area contributed by atoms with Gasteiger partial charge in [0.2, 0.25) is 0 Å². The quantitative estimate of drug-likeness (QED) is 0.863. The van der Waals surface area contributed by atoms with E-state index >= 15 is 0 Å². The summed E-state index contributed by atoms with van der Waals surface area (Å²) < 4.78 is 19.1. The number of aryl methyl sites for hydroxylation is 1. The summed E-state index contributed by atoms with van der Waals surface area (Å²) in [7, 11) is 1.53. The van der Waals surface area contributed by atoms with Gasteiger partial charge in [-0.15, -0.1) is 0 Å². The van der Waals surface area contributed by atoms with Gasteiger partial charge in [0.1, 0.15) is 11.6 Å². The number of hydrogen-bond donors (Lipinski definition) is 2. The molecule has 1 saturated heterocycles. The highest BCUT2D eigenvalue weighted by Crippen LogP contribution is 2.32. The molecule has 2 N–H and O–H groups in total. The molecule has 0 radical (unpaired) electrons. The lowest BCUT2D eigenvalue weighted by atomic mass is 9.98. The second-order valence-corrected chi connectivity index (χ2v) is 4.58. The molecule has 1 aromatic rings. The topological polar surface area (TPSA) is 58.6 Å². The fourth-order valence-corrected chi connectivity index (χ4v) is 2.32. The fraction of sp³-hybridized carbons (Fsp3) is 0.462. The van der Waals surface area contributed by atoms with E-state index in [0.29, 0.717) is 24.3 Å². The second-order valence-electron chi connectivity index (χ2n) is 4.58. The van der Waals surface area contributed by atoms with Gasteiger partial charge in [0.05, 0.1) is 13.0 Å². The van der Waals surface area contributed by atoms with E-state index in [1.54, 1.807) is 13.0 Å². The Kier molecular flexibility index (Phi) is 3.52. The maximum Gasteiger partial charge on any atom is 0.307 e. The lowest BCUT2D eigenvalue weighted by Crippen LogP contribution is -2.17. The zero-order valence-corrected chi connectivity index (χ0v) is 10.4. The van der Waals surface area contributed by atoms with Gasteiger partial charge in [0, 0.05) is 18.2 Å². The third-order valence-electron chi connectivity index (χ3n) is 3.37. The van der Waals surface area contributed by atoms with E-state index in [9.17, 15) is 9.18 Å². The average molecular weight is 253 g/mol. The summed E-state index contributed by atoms with van der Waals surface area (Å²) in [4.78, 5) is 10.9. The Morgan fingerprint density at radius 2 is 2.28 bits per heavy atom. The van der Waals surface area contributed by atoms with Crippen LogP contribution in [-0.4, -0.2) is 24.7 Å². The average Bonchev–Trinajstić information content (AvgIpc) is 2.78. The van der Waals surface area contributed by atoms with Gasteiger partial charge < -0.3 is 15.2 Å². The second kappa shape index (κ2) is 4.94. The molecule has 1 aliphatic rings. The molecule has 0 spiro atoms. The van der Waals surface area contributed by atoms with Crippen LogP contribution in [0.5, 0.6) is 5.75 Å². The van der Waals surface area contributed by atoms with Gasteiger partial charge in [-0.2, -0.15) is 0 Å². The minimum Gasteiger partial charge on any atom is -0.496 e. The molecule has 1 aliphatic heterocycles. The SMILES string of the molecule is COc1cc(C2CC(C(=O)O)CN2)c(F)cc1C. The van der Waals surface area contributed by atoms with Crippen molar-refractivity contribution in [2.24, 2.45) is 5.92 Å². The Balaban J connectivity index is 2.26. The van der Waals surface area contributed by atoms with Crippen LogP contribution >= 0.6 is 0 Å². The number of ether oxygens (including phenoxy) is 1. The van der Waals surface area contributed by atoms with Crippen LogP contribution in [0.25, 0.3) is 0 Å². The van der Waals surface area contributed by atoms with Crippen molar-refractivity contribution >= 4 is 5.97 Å². The normalized spacial score (nSPS) is 23.1. The molecule has 1 aromatic carbocycles. The van der Waals surface area contributed by atoms with Gasteiger partial charge in [-0.05, 0) is 31.0 Å². The minimum atomic E-state index is -0.843. The highest BCUT2D eigenvalue weighted by Gasteiger charge is 2.31. The van der Waals surface area contributed by atoms with E-state index in [1.165, 1.54) is 13.2 Å². The number of halogens is 1. The van der Waals surface area contributed by atoms with Crippen LogP contribution < -0.4 is 10.1 Å². The van der Waals surface area contributed by atoms with Gasteiger partial charge in [-0.1, -0.05) is 0 Å². The van der Waals surface area contributed by atoms with Crippen LogP contribution in [0.3, 0.4) is 0 Å². The molecular formula is C13H16FNO3. The highest BCUT2D eigenvalue weighted by atomic mass is 19.1. The number of aliphatic carboxylic acids is 1. The van der Waals surface area contributed by atoms with Crippen LogP contribution in [0.4, 0.5) is 4.39 Å². The van der Waals surface area contributed by atoms with E-state index in [2.05, 4.69) is 5.32 Å². The molecule has 5 heteroatoms. The van der Waals surface area contributed by atoms with Crippen LogP contribution in [0.15, 0.2) is 12.1 Å². The van der Waals surface area contributed by atoms with Gasteiger partial charge in [-0.3, -0.25) is 4.79 Å². The predicted molar refractivity (Wildman–Crippen MR) is 64.2 cm³/mol. The lowest BCUT2D eigenvalue weighted by molar-refractivity contribution is -0.141. The van der Waals surface area contributed by atoms with Crippen LogP contribution in [0.2, 0.25) is 0 Å². The Hall–Kier alpha value is -1.62. The first-order chi connectivity index (χ1) is 8.52. The van der Waals surface area contributed by atoms with Gasteiger partial charge in [0.25, 0.3) is 0 Å². The highest BCUT2D eigenvalue weighted by molar-refractivity contribution is 5.70. The van der Waals surface area contributed by atoms with Crippen LogP contribution in [0.1, 0.15) is 23.6 Å². The molecule has 1 heterocycles. The van der Waals surface area contributed by atoms with Crippen molar-refractivity contribution in [2.75, 3.05) is 13.7 Å². The monoisotopic (exact) mass is 253 g/mol. The zero-order valence-electron chi connectivity index (χ0n) is 10.4. The molecule has 2 rings (SSSR count). The van der Waals surface area contributed by atoms with E-state index in [4.69, 9.17) is 9.84 Å². The van der Waals surface area contributed by atoms with Crippen LogP contribution in [0, 0.1) is 18.7 Å². The van der Waals surface area contributed by atoms with Gasteiger partial charge in [-0.25, -0.2) is 4.39 Å². The van der Waals surface area contributed by atoms with E-state index in [0.717, 1.165) is 5.56 Å². The number of rotatable bonds is 3. The first-order valence-electron chi connectivity index (χ1n) is 5.83. The predicted octanol–water partition coefficient (Wildman–Crippen LogP) is 1.88. The van der Waals surface area contributed by atoms with Gasteiger partial charge >= 0.3 is 5.97 Å². The van der Waals surface area contributed by atoms with Crippen molar-refractivity contribution in [2.45, 2.75) is 19.4 Å². The third-order valence-corrected chi connectivity index (χ3v) is 3.37. The molecule has 2 unspecified atom stereocenters. The number of nitrogens with one attached hydrogen (secondary N) is 1. The van der Waals surface area contributed by atoms with Crippen molar-refractivity contribution in [3.05, 3.63) is 29.1 Å². The molecule has 4 nitrogen and oxygen atoms in total. The summed E-state index contributed by atoms with van der Waals surface area (Å²) in [6.07, 6.45) is 0.401. The van der Waals surface area contributed by atoms with Crippen molar-refractivity contribution in [1.29, 1.82) is 0 Å². The van der Waals surface area contributed by atoms with Crippen molar-refractivity contribution in [3.8, 4) is 5.75 Å². The van der Waals surface area contributed by atoms with Crippen molar-refractivity contribution in [1.82, 2.24) is 5.32 Å². The molecule has 0 aromatic heterocycles. The van der Waals surface area contributed by atoms with Crippen molar-refractivity contribution < 1.29 is 19.0 Å². The lowest BCUT2D eigenvalue weighted by Gasteiger charge is -2.14. The van der Waals surface area contributed by atoms with Crippen LogP contribution in [-0.2, 0) is 4.79 Å². The van der Waals surface area contributed by atoms with Gasteiger partial charge in [0.15, 0.2) is 0 Å². The number of carboxylic acids is 1. The number of benzene rings is 1. The smallest absolute Gasteiger partial charge is 0.307 e. The maximum absolute atomic E-state index is 13.9. The summed E-state index contributed by atoms with van der Waals surface area (Å²) in [6, 6.07) is 2.80. The summed E-state index contributed by atoms with van der Waals surface area (Å²) in [6.45, 7) is 2.14. The number of carbonyl (C=O) groups is 1. The molecule has 0 bridgehead atoms. The molecule has 98 valence electrons. The summed E-state index contributed by atoms with van der Waals surface area (Å²) in [5.74, 6) is -1.00. The number of methoxy groups -OCH3 is 1. The molecule has 2 atom stereocenters. The minimum absolute atomic E-state index is 0.263. The Morgan fingerprint density at radius 3 is 2.83 bits per heavy atom. The zero-order chi connectivity index (χ0) is 13.3. The largest absolute Gasteiger partial charge is 0.496 e. The standard InChI is InChI=1S/C13H16FNO3/c1-7-3-10(14)9(5-12(7)18-2)11-4-8(6-15-11)13(16)17/h3,5,8,11,15H,4,6H2,1-2H3,(H,16,17). The fourth-order valence-electron chi connectivity index (χ4n) is 2.32. The van der Waals surface area contributed by atoms with E-state index in [-0.39, 0.29) is 11.9 Å². The number of hydrogen-bond acceptors (Lipinski definition) is 3. The Bertz CT molecular complexity index is 476. The Labute approximate surface area is 105 Å². The molecular weight excluding hydrogens is 237 g/mol. The Morgan fingerprint density at radius 1 is 1.56 bits per heavy atom. The number of carboxylic acid groups (broad SMARTS) is 1. The third kappa shape index (κ3) is 2.31. The van der Waals surface area contributed by atoms with Crippen molar-refractivity contribution in [3.63, 3.8) is 0 Å². The first kappa shape index (κ1) is 12.8. The summed E-state index contributed by atoms with van der Waals surface area (Å²) in [5, 5.41) is 12.0. The van der Waals surface area contributed by atoms with E-state index < -0.39 is 11.9 Å². The molecule has 0 saturated carbocycles. The molecule has 0 amide bonds. The first-order valence-corrected chi connectivity index (χ1v) is 5.83. The molecule has 0 aliphatic carbocycles. The molecule has 1 fully saturated rings. The summed E-state index contributed by atoms with van der Waals surface area (Å²) >= 11 is 0.